The van der Waals surface area contributed by atoms with E-state index in [1.807, 2.05) is 18.2 Å². The van der Waals surface area contributed by atoms with Crippen LogP contribution in [-0.4, -0.2) is 15.7 Å². The van der Waals surface area contributed by atoms with Gasteiger partial charge in [0.05, 0.1) is 5.39 Å². The zero-order chi connectivity index (χ0) is 16.6. The van der Waals surface area contributed by atoms with Crippen molar-refractivity contribution in [3.8, 4) is 17.0 Å². The number of fused-ring (bicyclic) bond motifs is 1. The molecule has 0 saturated carbocycles. The molecule has 118 valence electrons. The van der Waals surface area contributed by atoms with Crippen molar-refractivity contribution in [1.29, 1.82) is 0 Å². The highest BCUT2D eigenvalue weighted by molar-refractivity contribution is 5.97. The first-order chi connectivity index (χ1) is 11.0. The summed E-state index contributed by atoms with van der Waals surface area (Å²) in [5.41, 5.74) is 4.28. The minimum atomic E-state index is -0.346. The van der Waals surface area contributed by atoms with Crippen LogP contribution in [0.5, 0.6) is 5.88 Å². The van der Waals surface area contributed by atoms with E-state index in [4.69, 9.17) is 4.74 Å². The Balaban J connectivity index is 2.13. The molecule has 0 atom stereocenters. The fourth-order valence-electron chi connectivity index (χ4n) is 2.73. The molecular formula is C19H20N2O2. The SMILES string of the molecule is CC(=O)Oc1c2cccc(-c3ccc(C(C)C)cc3)c2nn1C. The van der Waals surface area contributed by atoms with E-state index >= 15 is 0 Å². The third kappa shape index (κ3) is 2.84. The Hall–Kier alpha value is -2.62. The lowest BCUT2D eigenvalue weighted by Crippen LogP contribution is -2.05. The van der Waals surface area contributed by atoms with Crippen molar-refractivity contribution in [2.75, 3.05) is 0 Å². The summed E-state index contributed by atoms with van der Waals surface area (Å²) < 4.78 is 6.91. The second-order valence-electron chi connectivity index (χ2n) is 6.00. The maximum atomic E-state index is 11.3. The van der Waals surface area contributed by atoms with E-state index < -0.39 is 0 Å². The second kappa shape index (κ2) is 5.88. The van der Waals surface area contributed by atoms with Gasteiger partial charge < -0.3 is 4.74 Å². The summed E-state index contributed by atoms with van der Waals surface area (Å²) in [6, 6.07) is 14.4. The molecule has 0 aliphatic rings. The number of benzene rings is 2. The van der Waals surface area contributed by atoms with Gasteiger partial charge in [-0.15, -0.1) is 0 Å². The Labute approximate surface area is 135 Å². The van der Waals surface area contributed by atoms with Gasteiger partial charge in [0, 0.05) is 19.5 Å². The van der Waals surface area contributed by atoms with Gasteiger partial charge in [0.15, 0.2) is 0 Å². The number of esters is 1. The van der Waals surface area contributed by atoms with Gasteiger partial charge in [0.25, 0.3) is 0 Å². The molecule has 4 nitrogen and oxygen atoms in total. The van der Waals surface area contributed by atoms with Crippen LogP contribution in [0, 0.1) is 0 Å². The molecule has 0 aliphatic carbocycles. The van der Waals surface area contributed by atoms with Crippen LogP contribution < -0.4 is 4.74 Å². The molecule has 1 heterocycles. The molecule has 0 unspecified atom stereocenters. The normalized spacial score (nSPS) is 11.2. The molecule has 0 spiro atoms. The fraction of sp³-hybridized carbons (Fsp3) is 0.263. The molecule has 23 heavy (non-hydrogen) atoms. The quantitative estimate of drug-likeness (QED) is 0.678. The van der Waals surface area contributed by atoms with Gasteiger partial charge >= 0.3 is 5.97 Å². The topological polar surface area (TPSA) is 44.1 Å². The predicted octanol–water partition coefficient (Wildman–Crippen LogP) is 4.29. The maximum Gasteiger partial charge on any atom is 0.309 e. The van der Waals surface area contributed by atoms with Crippen molar-refractivity contribution in [3.63, 3.8) is 0 Å². The Bertz CT molecular complexity index is 861. The molecule has 4 heteroatoms. The van der Waals surface area contributed by atoms with E-state index in [-0.39, 0.29) is 5.97 Å². The number of carbonyl (C=O) groups is 1. The smallest absolute Gasteiger partial charge is 0.309 e. The van der Waals surface area contributed by atoms with Crippen molar-refractivity contribution in [2.45, 2.75) is 26.7 Å². The van der Waals surface area contributed by atoms with Gasteiger partial charge in [0.1, 0.15) is 5.52 Å². The molecule has 3 rings (SSSR count). The Morgan fingerprint density at radius 1 is 1.13 bits per heavy atom. The summed E-state index contributed by atoms with van der Waals surface area (Å²) in [6.45, 7) is 5.76. The van der Waals surface area contributed by atoms with Crippen LogP contribution in [-0.2, 0) is 11.8 Å². The molecule has 0 bridgehead atoms. The molecule has 3 aromatic rings. The van der Waals surface area contributed by atoms with Crippen LogP contribution in [0.2, 0.25) is 0 Å². The first-order valence-corrected chi connectivity index (χ1v) is 7.72. The number of rotatable bonds is 3. The average molecular weight is 308 g/mol. The predicted molar refractivity (Wildman–Crippen MR) is 91.5 cm³/mol. The minimum Gasteiger partial charge on any atom is -0.407 e. The van der Waals surface area contributed by atoms with Crippen LogP contribution in [0.25, 0.3) is 22.0 Å². The summed E-state index contributed by atoms with van der Waals surface area (Å²) in [5.74, 6) is 0.639. The van der Waals surface area contributed by atoms with E-state index in [1.54, 1.807) is 11.7 Å². The van der Waals surface area contributed by atoms with Gasteiger partial charge in [-0.3, -0.25) is 4.79 Å². The third-order valence-corrected chi connectivity index (χ3v) is 3.94. The Morgan fingerprint density at radius 3 is 2.43 bits per heavy atom. The monoisotopic (exact) mass is 308 g/mol. The summed E-state index contributed by atoms with van der Waals surface area (Å²) in [5, 5.41) is 5.38. The largest absolute Gasteiger partial charge is 0.407 e. The van der Waals surface area contributed by atoms with Gasteiger partial charge in [-0.2, -0.15) is 5.10 Å². The first kappa shape index (κ1) is 15.3. The zero-order valence-corrected chi connectivity index (χ0v) is 13.8. The van der Waals surface area contributed by atoms with E-state index in [0.29, 0.717) is 11.8 Å². The van der Waals surface area contributed by atoms with Crippen molar-refractivity contribution < 1.29 is 9.53 Å². The average Bonchev–Trinajstić information content (AvgIpc) is 2.83. The van der Waals surface area contributed by atoms with E-state index in [1.165, 1.54) is 12.5 Å². The number of hydrogen-bond donors (Lipinski definition) is 0. The molecule has 0 fully saturated rings. The molecular weight excluding hydrogens is 288 g/mol. The van der Waals surface area contributed by atoms with Gasteiger partial charge in [0.2, 0.25) is 5.88 Å². The number of hydrogen-bond acceptors (Lipinski definition) is 3. The molecule has 0 aliphatic heterocycles. The van der Waals surface area contributed by atoms with Crippen molar-refractivity contribution in [2.24, 2.45) is 7.05 Å². The van der Waals surface area contributed by atoms with Crippen molar-refractivity contribution in [1.82, 2.24) is 9.78 Å². The van der Waals surface area contributed by atoms with Crippen LogP contribution in [0.15, 0.2) is 42.5 Å². The van der Waals surface area contributed by atoms with Crippen LogP contribution in [0.4, 0.5) is 0 Å². The number of carbonyl (C=O) groups excluding carboxylic acids is 1. The van der Waals surface area contributed by atoms with Gasteiger partial charge in [-0.25, -0.2) is 4.68 Å². The van der Waals surface area contributed by atoms with Crippen LogP contribution in [0.3, 0.4) is 0 Å². The van der Waals surface area contributed by atoms with E-state index in [2.05, 4.69) is 43.2 Å². The standard InChI is InChI=1S/C19H20N2O2/c1-12(2)14-8-10-15(11-9-14)16-6-5-7-17-18(16)20-21(4)19(17)23-13(3)22/h5-12H,1-4H3. The molecule has 0 radical (unpaired) electrons. The van der Waals surface area contributed by atoms with Crippen molar-refractivity contribution in [3.05, 3.63) is 48.0 Å². The fourth-order valence-corrected chi connectivity index (χ4v) is 2.73. The maximum absolute atomic E-state index is 11.3. The molecule has 1 aromatic heterocycles. The zero-order valence-electron chi connectivity index (χ0n) is 13.8. The number of nitrogens with zero attached hydrogens (tertiary/aromatic N) is 2. The summed E-state index contributed by atoms with van der Waals surface area (Å²) >= 11 is 0. The molecule has 0 saturated heterocycles. The summed E-state index contributed by atoms with van der Waals surface area (Å²) in [7, 11) is 1.78. The Morgan fingerprint density at radius 2 is 1.83 bits per heavy atom. The first-order valence-electron chi connectivity index (χ1n) is 7.72. The highest BCUT2D eigenvalue weighted by Gasteiger charge is 2.15. The van der Waals surface area contributed by atoms with Gasteiger partial charge in [-0.05, 0) is 23.1 Å². The molecule has 2 aromatic carbocycles. The van der Waals surface area contributed by atoms with E-state index in [0.717, 1.165) is 22.0 Å². The summed E-state index contributed by atoms with van der Waals surface area (Å²) in [4.78, 5) is 11.3. The van der Waals surface area contributed by atoms with Gasteiger partial charge in [-0.1, -0.05) is 50.2 Å². The minimum absolute atomic E-state index is 0.346. The van der Waals surface area contributed by atoms with E-state index in [9.17, 15) is 4.79 Å². The highest BCUT2D eigenvalue weighted by atomic mass is 16.5. The highest BCUT2D eigenvalue weighted by Crippen LogP contribution is 2.33. The molecule has 0 N–H and O–H groups in total. The number of aromatic nitrogens is 2. The van der Waals surface area contributed by atoms with Crippen LogP contribution in [0.1, 0.15) is 32.3 Å². The second-order valence-corrected chi connectivity index (χ2v) is 6.00. The Kier molecular flexibility index (Phi) is 3.90. The van der Waals surface area contributed by atoms with Crippen molar-refractivity contribution >= 4 is 16.9 Å². The molecule has 0 amide bonds. The lowest BCUT2D eigenvalue weighted by molar-refractivity contribution is -0.132. The van der Waals surface area contributed by atoms with Crippen LogP contribution >= 0.6 is 0 Å². The lowest BCUT2D eigenvalue weighted by atomic mass is 9.98. The summed E-state index contributed by atoms with van der Waals surface area (Å²) in [6.07, 6.45) is 0. The third-order valence-electron chi connectivity index (χ3n) is 3.94. The number of aryl methyl sites for hydroxylation is 1. The lowest BCUT2D eigenvalue weighted by Gasteiger charge is -2.07. The number of ether oxygens (including phenoxy) is 1.